The molecule has 0 saturated carbocycles. The van der Waals surface area contributed by atoms with Crippen molar-refractivity contribution in [2.24, 2.45) is 11.7 Å². The molecule has 3 amide bonds. The smallest absolute Gasteiger partial charge is 0.317 e. The lowest BCUT2D eigenvalue weighted by molar-refractivity contribution is -0.123. The minimum absolute atomic E-state index is 0.132. The van der Waals surface area contributed by atoms with Crippen molar-refractivity contribution < 1.29 is 9.59 Å². The van der Waals surface area contributed by atoms with E-state index in [-0.39, 0.29) is 23.9 Å². The van der Waals surface area contributed by atoms with Gasteiger partial charge in [0.15, 0.2) is 0 Å². The van der Waals surface area contributed by atoms with Crippen molar-refractivity contribution in [1.29, 1.82) is 0 Å². The van der Waals surface area contributed by atoms with Crippen LogP contribution in [-0.4, -0.2) is 29.9 Å². The molecule has 1 saturated heterocycles. The molecule has 1 heterocycles. The lowest BCUT2D eigenvalue weighted by atomic mass is 9.96. The predicted molar refractivity (Wildman–Crippen MR) is 86.9 cm³/mol. The van der Waals surface area contributed by atoms with Crippen LogP contribution in [0.25, 0.3) is 0 Å². The molecular weight excluding hydrogens is 325 g/mol. The van der Waals surface area contributed by atoms with Crippen LogP contribution in [0.2, 0.25) is 10.0 Å². The Balaban J connectivity index is 1.93. The van der Waals surface area contributed by atoms with Gasteiger partial charge >= 0.3 is 6.03 Å². The van der Waals surface area contributed by atoms with Crippen molar-refractivity contribution in [2.75, 3.05) is 13.1 Å². The number of likely N-dealkylation sites (tertiary alicyclic amines) is 1. The molecular formula is C15H19Cl2N3O2. The van der Waals surface area contributed by atoms with Gasteiger partial charge in [0, 0.05) is 29.1 Å². The molecule has 5 nitrogen and oxygen atoms in total. The number of halogens is 2. The Morgan fingerprint density at radius 3 is 2.50 bits per heavy atom. The van der Waals surface area contributed by atoms with Crippen LogP contribution in [-0.2, 0) is 4.79 Å². The number of carbonyl (C=O) groups excluding carboxylic acids is 2. The highest BCUT2D eigenvalue weighted by molar-refractivity contribution is 6.35. The quantitative estimate of drug-likeness (QED) is 0.885. The number of carbonyl (C=O) groups is 2. The number of nitrogens with one attached hydrogen (secondary N) is 1. The lowest BCUT2D eigenvalue weighted by Gasteiger charge is -2.31. The van der Waals surface area contributed by atoms with Crippen LogP contribution >= 0.6 is 23.2 Å². The maximum absolute atomic E-state index is 12.3. The summed E-state index contributed by atoms with van der Waals surface area (Å²) in [4.78, 5) is 25.1. The lowest BCUT2D eigenvalue weighted by Crippen LogP contribution is -2.46. The van der Waals surface area contributed by atoms with E-state index < -0.39 is 0 Å². The monoisotopic (exact) mass is 343 g/mol. The van der Waals surface area contributed by atoms with E-state index in [9.17, 15) is 9.59 Å². The first-order chi connectivity index (χ1) is 10.4. The van der Waals surface area contributed by atoms with Crippen LogP contribution in [0.5, 0.6) is 0 Å². The van der Waals surface area contributed by atoms with Crippen LogP contribution in [0.15, 0.2) is 18.2 Å². The fourth-order valence-electron chi connectivity index (χ4n) is 2.57. The minimum Gasteiger partial charge on any atom is -0.369 e. The third kappa shape index (κ3) is 4.05. The van der Waals surface area contributed by atoms with Crippen molar-refractivity contribution in [2.45, 2.75) is 25.8 Å². The van der Waals surface area contributed by atoms with E-state index in [1.54, 1.807) is 23.1 Å². The number of primary amides is 1. The topological polar surface area (TPSA) is 75.4 Å². The Kier molecular flexibility index (Phi) is 5.53. The highest BCUT2D eigenvalue weighted by Gasteiger charge is 2.26. The average Bonchev–Trinajstić information content (AvgIpc) is 2.47. The first-order valence-corrected chi connectivity index (χ1v) is 7.93. The summed E-state index contributed by atoms with van der Waals surface area (Å²) in [6.45, 7) is 2.92. The summed E-state index contributed by atoms with van der Waals surface area (Å²) < 4.78 is 0. The zero-order valence-electron chi connectivity index (χ0n) is 12.3. The molecule has 0 aliphatic carbocycles. The van der Waals surface area contributed by atoms with Gasteiger partial charge in [0.05, 0.1) is 6.04 Å². The summed E-state index contributed by atoms with van der Waals surface area (Å²) in [5.41, 5.74) is 6.10. The SMILES string of the molecule is CC(NC(=O)N1CCC(C(N)=O)CC1)c1ccc(Cl)cc1Cl. The molecule has 1 aliphatic heterocycles. The molecule has 2 rings (SSSR count). The van der Waals surface area contributed by atoms with E-state index in [0.29, 0.717) is 36.0 Å². The van der Waals surface area contributed by atoms with Gasteiger partial charge in [-0.2, -0.15) is 0 Å². The summed E-state index contributed by atoms with van der Waals surface area (Å²) in [7, 11) is 0. The molecule has 22 heavy (non-hydrogen) atoms. The Hall–Kier alpha value is -1.46. The van der Waals surface area contributed by atoms with Crippen molar-refractivity contribution in [3.63, 3.8) is 0 Å². The predicted octanol–water partition coefficient (Wildman–Crippen LogP) is 2.96. The van der Waals surface area contributed by atoms with Gasteiger partial charge in [-0.1, -0.05) is 29.3 Å². The Morgan fingerprint density at radius 2 is 1.95 bits per heavy atom. The molecule has 1 fully saturated rings. The van der Waals surface area contributed by atoms with E-state index in [2.05, 4.69) is 5.32 Å². The molecule has 0 spiro atoms. The van der Waals surface area contributed by atoms with Gasteiger partial charge in [-0.15, -0.1) is 0 Å². The zero-order chi connectivity index (χ0) is 16.3. The molecule has 1 aromatic carbocycles. The maximum atomic E-state index is 12.3. The van der Waals surface area contributed by atoms with E-state index in [4.69, 9.17) is 28.9 Å². The van der Waals surface area contributed by atoms with Gasteiger partial charge in [-0.3, -0.25) is 4.79 Å². The first-order valence-electron chi connectivity index (χ1n) is 7.18. The summed E-state index contributed by atoms with van der Waals surface area (Å²) in [6.07, 6.45) is 1.22. The molecule has 7 heteroatoms. The molecule has 1 aliphatic rings. The molecule has 3 N–H and O–H groups in total. The van der Waals surface area contributed by atoms with Gasteiger partial charge in [0.2, 0.25) is 5.91 Å². The molecule has 0 radical (unpaired) electrons. The summed E-state index contributed by atoms with van der Waals surface area (Å²) in [5.74, 6) is -0.423. The van der Waals surface area contributed by atoms with E-state index in [0.717, 1.165) is 5.56 Å². The van der Waals surface area contributed by atoms with Crippen molar-refractivity contribution in [3.8, 4) is 0 Å². The largest absolute Gasteiger partial charge is 0.369 e. The van der Waals surface area contributed by atoms with Crippen LogP contribution < -0.4 is 11.1 Å². The van der Waals surface area contributed by atoms with E-state index >= 15 is 0 Å². The normalized spacial score (nSPS) is 17.1. The van der Waals surface area contributed by atoms with Gasteiger partial charge in [-0.25, -0.2) is 4.79 Å². The first kappa shape index (κ1) is 16.9. The summed E-state index contributed by atoms with van der Waals surface area (Å²) >= 11 is 12.0. The second-order valence-corrected chi connectivity index (χ2v) is 6.34. The number of rotatable bonds is 3. The number of hydrogen-bond acceptors (Lipinski definition) is 2. The van der Waals surface area contributed by atoms with Crippen molar-refractivity contribution >= 4 is 35.1 Å². The Labute approximate surface area is 139 Å². The van der Waals surface area contributed by atoms with Crippen LogP contribution in [0.3, 0.4) is 0 Å². The second kappa shape index (κ2) is 7.20. The number of urea groups is 1. The summed E-state index contributed by atoms with van der Waals surface area (Å²) in [6, 6.07) is 4.80. The number of benzene rings is 1. The third-order valence-electron chi connectivity index (χ3n) is 3.95. The second-order valence-electron chi connectivity index (χ2n) is 5.50. The maximum Gasteiger partial charge on any atom is 0.317 e. The van der Waals surface area contributed by atoms with Gasteiger partial charge in [0.1, 0.15) is 0 Å². The van der Waals surface area contributed by atoms with Gasteiger partial charge in [-0.05, 0) is 37.5 Å². The van der Waals surface area contributed by atoms with Gasteiger partial charge in [0.25, 0.3) is 0 Å². The van der Waals surface area contributed by atoms with Crippen molar-refractivity contribution in [1.82, 2.24) is 10.2 Å². The Bertz CT molecular complexity index is 572. The number of nitrogens with two attached hydrogens (primary N) is 1. The van der Waals surface area contributed by atoms with Crippen molar-refractivity contribution in [3.05, 3.63) is 33.8 Å². The minimum atomic E-state index is -0.290. The molecule has 1 atom stereocenters. The molecule has 1 aromatic rings. The van der Waals surface area contributed by atoms with Gasteiger partial charge < -0.3 is 16.0 Å². The number of nitrogens with zero attached hydrogens (tertiary/aromatic N) is 1. The fourth-order valence-corrected chi connectivity index (χ4v) is 3.15. The standard InChI is InChI=1S/C15H19Cl2N3O2/c1-9(12-3-2-11(16)8-13(12)17)19-15(22)20-6-4-10(5-7-20)14(18)21/h2-3,8-10H,4-7H2,1H3,(H2,18,21)(H,19,22). The molecule has 1 unspecified atom stereocenters. The zero-order valence-corrected chi connectivity index (χ0v) is 13.8. The third-order valence-corrected chi connectivity index (χ3v) is 4.52. The molecule has 0 aromatic heterocycles. The summed E-state index contributed by atoms with van der Waals surface area (Å²) in [5, 5.41) is 3.99. The Morgan fingerprint density at radius 1 is 1.32 bits per heavy atom. The molecule has 0 bridgehead atoms. The number of amides is 3. The number of hydrogen-bond donors (Lipinski definition) is 2. The highest BCUT2D eigenvalue weighted by Crippen LogP contribution is 2.26. The van der Waals surface area contributed by atoms with Crippen LogP contribution in [0.1, 0.15) is 31.4 Å². The average molecular weight is 344 g/mol. The molecule has 120 valence electrons. The number of piperidine rings is 1. The van der Waals surface area contributed by atoms with E-state index in [1.165, 1.54) is 0 Å². The van der Waals surface area contributed by atoms with Crippen LogP contribution in [0, 0.1) is 5.92 Å². The highest BCUT2D eigenvalue weighted by atomic mass is 35.5. The fraction of sp³-hybridized carbons (Fsp3) is 0.467. The van der Waals surface area contributed by atoms with Crippen LogP contribution in [0.4, 0.5) is 4.79 Å². The van der Waals surface area contributed by atoms with E-state index in [1.807, 2.05) is 6.92 Å².